The van der Waals surface area contributed by atoms with Gasteiger partial charge in [0.2, 0.25) is 11.9 Å². The fourth-order valence-corrected chi connectivity index (χ4v) is 3.75. The highest BCUT2D eigenvalue weighted by Gasteiger charge is 2.23. The molecule has 30 heavy (non-hydrogen) atoms. The lowest BCUT2D eigenvalue weighted by Crippen LogP contribution is -2.36. The van der Waals surface area contributed by atoms with E-state index in [1.165, 1.54) is 0 Å². The molecule has 1 aliphatic carbocycles. The van der Waals surface area contributed by atoms with Crippen LogP contribution in [0.2, 0.25) is 0 Å². The van der Waals surface area contributed by atoms with Crippen LogP contribution >= 0.6 is 0 Å². The van der Waals surface area contributed by atoms with Gasteiger partial charge in [0.25, 0.3) is 5.91 Å². The van der Waals surface area contributed by atoms with Crippen molar-refractivity contribution in [3.8, 4) is 0 Å². The minimum absolute atomic E-state index is 0.00172. The number of nitrogens with two attached hydrogens (primary N) is 1. The van der Waals surface area contributed by atoms with Crippen LogP contribution in [0.25, 0.3) is 10.9 Å². The van der Waals surface area contributed by atoms with Gasteiger partial charge in [-0.05, 0) is 37.1 Å². The highest BCUT2D eigenvalue weighted by atomic mass is 16.2. The van der Waals surface area contributed by atoms with E-state index in [1.807, 2.05) is 18.2 Å². The first kappa shape index (κ1) is 19.6. The number of carbonyl (C=O) groups excluding carboxylic acids is 2. The summed E-state index contributed by atoms with van der Waals surface area (Å²) in [4.78, 5) is 34.0. The van der Waals surface area contributed by atoms with Crippen molar-refractivity contribution in [3.05, 3.63) is 66.4 Å². The molecule has 1 aromatic heterocycles. The molecule has 2 amide bonds. The fourth-order valence-electron chi connectivity index (χ4n) is 3.75. The number of hydrogen-bond acceptors (Lipinski definition) is 4. The molecule has 0 bridgehead atoms. The molecule has 1 aliphatic rings. The van der Waals surface area contributed by atoms with Gasteiger partial charge < -0.3 is 11.1 Å². The zero-order valence-electron chi connectivity index (χ0n) is 16.5. The van der Waals surface area contributed by atoms with Crippen molar-refractivity contribution in [2.24, 2.45) is 16.6 Å². The van der Waals surface area contributed by atoms with Gasteiger partial charge in [-0.1, -0.05) is 43.2 Å². The van der Waals surface area contributed by atoms with Crippen molar-refractivity contribution in [2.75, 3.05) is 5.32 Å². The van der Waals surface area contributed by atoms with Gasteiger partial charge in [0, 0.05) is 17.5 Å². The summed E-state index contributed by atoms with van der Waals surface area (Å²) in [6.45, 7) is 0. The zero-order valence-corrected chi connectivity index (χ0v) is 16.5. The zero-order chi connectivity index (χ0) is 20.9. The minimum atomic E-state index is -0.390. The van der Waals surface area contributed by atoms with Gasteiger partial charge >= 0.3 is 0 Å². The van der Waals surface area contributed by atoms with E-state index in [9.17, 15) is 9.59 Å². The summed E-state index contributed by atoms with van der Waals surface area (Å²) in [6, 6.07) is 16.2. The fraction of sp³-hybridized carbons (Fsp3) is 0.217. The van der Waals surface area contributed by atoms with E-state index in [0.29, 0.717) is 27.8 Å². The monoisotopic (exact) mass is 401 g/mol. The van der Waals surface area contributed by atoms with E-state index in [4.69, 9.17) is 5.73 Å². The van der Waals surface area contributed by atoms with E-state index in [-0.39, 0.29) is 23.7 Å². The molecule has 3 aromatic rings. The third-order valence-electron chi connectivity index (χ3n) is 5.25. The molecular formula is C23H23N5O2. The topological polar surface area (TPSA) is 109 Å². The van der Waals surface area contributed by atoms with Crippen molar-refractivity contribution in [2.45, 2.75) is 25.7 Å². The van der Waals surface area contributed by atoms with Crippen LogP contribution in [0.4, 0.5) is 11.4 Å². The molecule has 4 N–H and O–H groups in total. The van der Waals surface area contributed by atoms with Crippen molar-refractivity contribution in [3.63, 3.8) is 0 Å². The first-order valence-electron chi connectivity index (χ1n) is 10.0. The Kier molecular flexibility index (Phi) is 5.70. The predicted molar refractivity (Wildman–Crippen MR) is 118 cm³/mol. The summed E-state index contributed by atoms with van der Waals surface area (Å²) in [6.07, 6.45) is 5.55. The van der Waals surface area contributed by atoms with Crippen molar-refractivity contribution < 1.29 is 9.59 Å². The summed E-state index contributed by atoms with van der Waals surface area (Å²) in [5, 5.41) is 6.23. The second-order valence-corrected chi connectivity index (χ2v) is 7.32. The van der Waals surface area contributed by atoms with Gasteiger partial charge in [-0.2, -0.15) is 0 Å². The average molecular weight is 401 g/mol. The maximum absolute atomic E-state index is 12.8. The van der Waals surface area contributed by atoms with E-state index in [1.54, 1.807) is 42.6 Å². The average Bonchev–Trinajstić information content (AvgIpc) is 3.29. The Hall–Kier alpha value is -3.74. The van der Waals surface area contributed by atoms with Crippen LogP contribution in [0.1, 0.15) is 36.0 Å². The number of fused-ring (bicyclic) bond motifs is 1. The number of nitrogens with zero attached hydrogens (tertiary/aromatic N) is 2. The van der Waals surface area contributed by atoms with Crippen LogP contribution in [0.3, 0.4) is 0 Å². The maximum atomic E-state index is 12.8. The molecule has 1 fully saturated rings. The largest absolute Gasteiger partial charge is 0.369 e. The number of aliphatic imine (C=N–C) groups is 1. The first-order valence-corrected chi connectivity index (χ1v) is 10.0. The number of aromatic nitrogens is 1. The molecule has 0 aliphatic heterocycles. The highest BCUT2D eigenvalue weighted by molar-refractivity contribution is 6.14. The third kappa shape index (κ3) is 4.30. The Bertz CT molecular complexity index is 1110. The van der Waals surface area contributed by atoms with Crippen molar-refractivity contribution >= 4 is 40.1 Å². The summed E-state index contributed by atoms with van der Waals surface area (Å²) >= 11 is 0. The summed E-state index contributed by atoms with van der Waals surface area (Å²) < 4.78 is 0. The number of rotatable bonds is 4. The van der Waals surface area contributed by atoms with Gasteiger partial charge in [0.15, 0.2) is 0 Å². The van der Waals surface area contributed by atoms with Crippen LogP contribution < -0.4 is 16.4 Å². The standard InChI is InChI=1S/C23H23N5O2/c24-23(26-16-9-2-1-3-10-16)28-22(30)18-13-14-25-20-17(18)11-6-12-19(20)27-21(29)15-7-4-5-8-15/h1-3,6,9-15H,4-5,7-8H2,(H,27,29)(H3,24,26,28,30). The van der Waals surface area contributed by atoms with Gasteiger partial charge in [-0.25, -0.2) is 4.99 Å². The highest BCUT2D eigenvalue weighted by Crippen LogP contribution is 2.28. The molecule has 0 unspecified atom stereocenters. The van der Waals surface area contributed by atoms with Gasteiger partial charge in [-0.15, -0.1) is 0 Å². The maximum Gasteiger partial charge on any atom is 0.258 e. The normalized spacial score (nSPS) is 14.6. The van der Waals surface area contributed by atoms with Crippen LogP contribution in [0, 0.1) is 5.92 Å². The van der Waals surface area contributed by atoms with E-state index < -0.39 is 0 Å². The number of anilines is 1. The van der Waals surface area contributed by atoms with Crippen molar-refractivity contribution in [1.82, 2.24) is 10.3 Å². The minimum Gasteiger partial charge on any atom is -0.369 e. The van der Waals surface area contributed by atoms with Crippen LogP contribution in [-0.2, 0) is 4.79 Å². The first-order chi connectivity index (χ1) is 14.6. The molecule has 0 saturated heterocycles. The Balaban J connectivity index is 1.58. The summed E-state index contributed by atoms with van der Waals surface area (Å²) in [5.74, 6) is -0.336. The summed E-state index contributed by atoms with van der Waals surface area (Å²) in [5.41, 5.74) is 8.12. The van der Waals surface area contributed by atoms with E-state index >= 15 is 0 Å². The predicted octanol–water partition coefficient (Wildman–Crippen LogP) is 3.74. The van der Waals surface area contributed by atoms with Gasteiger partial charge in [-0.3, -0.25) is 19.9 Å². The van der Waals surface area contributed by atoms with Gasteiger partial charge in [0.1, 0.15) is 0 Å². The Labute approximate surface area is 174 Å². The molecule has 1 saturated carbocycles. The van der Waals surface area contributed by atoms with E-state index in [0.717, 1.165) is 25.7 Å². The van der Waals surface area contributed by atoms with Crippen LogP contribution in [0.5, 0.6) is 0 Å². The number of guanidine groups is 1. The molecule has 0 spiro atoms. The second-order valence-electron chi connectivity index (χ2n) is 7.32. The van der Waals surface area contributed by atoms with Crippen LogP contribution in [-0.4, -0.2) is 22.8 Å². The van der Waals surface area contributed by atoms with Crippen LogP contribution in [0.15, 0.2) is 65.8 Å². The number of pyridine rings is 1. The molecule has 7 heteroatoms. The Morgan fingerprint density at radius 2 is 1.77 bits per heavy atom. The third-order valence-corrected chi connectivity index (χ3v) is 5.25. The SMILES string of the molecule is NC(=Nc1ccccc1)NC(=O)c1ccnc2c(NC(=O)C3CCCC3)cccc12. The van der Waals surface area contributed by atoms with Crippen molar-refractivity contribution in [1.29, 1.82) is 0 Å². The molecule has 152 valence electrons. The number of para-hydroxylation sites is 2. The van der Waals surface area contributed by atoms with E-state index in [2.05, 4.69) is 20.6 Å². The summed E-state index contributed by atoms with van der Waals surface area (Å²) in [7, 11) is 0. The quantitative estimate of drug-likeness (QED) is 0.457. The molecule has 7 nitrogen and oxygen atoms in total. The Morgan fingerprint density at radius 1 is 1.00 bits per heavy atom. The number of nitrogens with one attached hydrogen (secondary N) is 2. The number of hydrogen-bond donors (Lipinski definition) is 3. The molecule has 1 heterocycles. The lowest BCUT2D eigenvalue weighted by molar-refractivity contribution is -0.119. The lowest BCUT2D eigenvalue weighted by atomic mass is 10.1. The number of carbonyl (C=O) groups is 2. The van der Waals surface area contributed by atoms with Gasteiger partial charge in [0.05, 0.1) is 22.5 Å². The molecule has 0 atom stereocenters. The molecule has 4 rings (SSSR count). The molecule has 2 aromatic carbocycles. The number of benzene rings is 2. The lowest BCUT2D eigenvalue weighted by Gasteiger charge is -2.13. The Morgan fingerprint density at radius 3 is 2.53 bits per heavy atom. The number of amides is 2. The molecular weight excluding hydrogens is 378 g/mol. The smallest absolute Gasteiger partial charge is 0.258 e. The second kappa shape index (κ2) is 8.73. The molecule has 0 radical (unpaired) electrons.